The summed E-state index contributed by atoms with van der Waals surface area (Å²) in [6.45, 7) is 6.47. The van der Waals surface area contributed by atoms with Crippen LogP contribution in [-0.4, -0.2) is 52.9 Å². The molecule has 1 amide bonds. The Labute approximate surface area is 119 Å². The number of carbonyl (C=O) groups excluding carboxylic acids is 1. The lowest BCUT2D eigenvalue weighted by Gasteiger charge is -2.38. The molecular weight excluding hydrogens is 254 g/mol. The van der Waals surface area contributed by atoms with Crippen LogP contribution in [0.25, 0.3) is 0 Å². The van der Waals surface area contributed by atoms with Gasteiger partial charge >= 0.3 is 0 Å². The first-order valence-corrected chi connectivity index (χ1v) is 7.19. The quantitative estimate of drug-likeness (QED) is 0.906. The lowest BCUT2D eigenvalue weighted by Crippen LogP contribution is -2.47. The number of H-pyrrole nitrogens is 1. The van der Waals surface area contributed by atoms with E-state index in [2.05, 4.69) is 23.7 Å². The van der Waals surface area contributed by atoms with E-state index in [-0.39, 0.29) is 17.5 Å². The van der Waals surface area contributed by atoms with Gasteiger partial charge in [0.25, 0.3) is 5.91 Å². The molecule has 1 aromatic heterocycles. The first-order valence-electron chi connectivity index (χ1n) is 7.19. The summed E-state index contributed by atoms with van der Waals surface area (Å²) in [4.78, 5) is 30.2. The van der Waals surface area contributed by atoms with Crippen LogP contribution >= 0.6 is 0 Å². The van der Waals surface area contributed by atoms with Gasteiger partial charge in [0.15, 0.2) is 0 Å². The molecule has 1 N–H and O–H groups in total. The number of aromatic amines is 1. The molecule has 0 bridgehead atoms. The Hall–Kier alpha value is -1.62. The minimum absolute atomic E-state index is 0.0238. The summed E-state index contributed by atoms with van der Waals surface area (Å²) >= 11 is 0. The molecule has 2 rings (SSSR count). The standard InChI is InChI=1S/C15H23N3O2/c1-11(2)18-8-6-13(7-9-18)17(3)15(20)12-4-5-14(19)16-10-12/h4-5,10-11,13H,6-9H2,1-3H3,(H,16,19). The molecule has 0 aliphatic carbocycles. The summed E-state index contributed by atoms with van der Waals surface area (Å²) in [5.74, 6) is -0.0238. The molecule has 2 heterocycles. The van der Waals surface area contributed by atoms with Crippen molar-refractivity contribution in [3.05, 3.63) is 34.2 Å². The summed E-state index contributed by atoms with van der Waals surface area (Å²) in [5.41, 5.74) is 0.354. The van der Waals surface area contributed by atoms with Gasteiger partial charge in [-0.05, 0) is 32.8 Å². The minimum Gasteiger partial charge on any atom is -0.339 e. The highest BCUT2D eigenvalue weighted by molar-refractivity contribution is 5.93. The SMILES string of the molecule is CC(C)N1CCC(N(C)C(=O)c2ccc(=O)[nH]c2)CC1. The lowest BCUT2D eigenvalue weighted by atomic mass is 10.0. The van der Waals surface area contributed by atoms with Gasteiger partial charge in [0, 0.05) is 44.5 Å². The molecule has 0 atom stereocenters. The van der Waals surface area contributed by atoms with E-state index < -0.39 is 0 Å². The highest BCUT2D eigenvalue weighted by Crippen LogP contribution is 2.18. The number of nitrogens with one attached hydrogen (secondary N) is 1. The van der Waals surface area contributed by atoms with Crippen molar-refractivity contribution in [1.29, 1.82) is 0 Å². The van der Waals surface area contributed by atoms with Crippen molar-refractivity contribution in [3.63, 3.8) is 0 Å². The topological polar surface area (TPSA) is 56.4 Å². The minimum atomic E-state index is -0.186. The van der Waals surface area contributed by atoms with E-state index in [4.69, 9.17) is 0 Å². The second kappa shape index (κ2) is 6.22. The van der Waals surface area contributed by atoms with Gasteiger partial charge in [-0.2, -0.15) is 0 Å². The average molecular weight is 277 g/mol. The summed E-state index contributed by atoms with van der Waals surface area (Å²) in [5, 5.41) is 0. The molecule has 20 heavy (non-hydrogen) atoms. The Kier molecular flexibility index (Phi) is 4.60. The Morgan fingerprint density at radius 1 is 1.35 bits per heavy atom. The second-order valence-corrected chi connectivity index (χ2v) is 5.72. The van der Waals surface area contributed by atoms with Gasteiger partial charge in [-0.3, -0.25) is 9.59 Å². The molecule has 1 aliphatic rings. The highest BCUT2D eigenvalue weighted by Gasteiger charge is 2.26. The van der Waals surface area contributed by atoms with Crippen molar-refractivity contribution in [2.24, 2.45) is 0 Å². The number of amides is 1. The summed E-state index contributed by atoms with van der Waals surface area (Å²) < 4.78 is 0. The number of piperidine rings is 1. The summed E-state index contributed by atoms with van der Waals surface area (Å²) in [7, 11) is 1.85. The van der Waals surface area contributed by atoms with Crippen LogP contribution in [0.3, 0.4) is 0 Å². The Bertz CT molecular complexity index is 496. The van der Waals surface area contributed by atoms with Crippen LogP contribution in [0.2, 0.25) is 0 Å². The van der Waals surface area contributed by atoms with Crippen LogP contribution in [0.15, 0.2) is 23.1 Å². The van der Waals surface area contributed by atoms with Gasteiger partial charge in [0.2, 0.25) is 5.56 Å². The van der Waals surface area contributed by atoms with E-state index >= 15 is 0 Å². The van der Waals surface area contributed by atoms with Gasteiger partial charge < -0.3 is 14.8 Å². The third kappa shape index (κ3) is 3.28. The van der Waals surface area contributed by atoms with E-state index in [1.54, 1.807) is 6.07 Å². The Balaban J connectivity index is 1.98. The van der Waals surface area contributed by atoms with Crippen LogP contribution in [0, 0.1) is 0 Å². The predicted octanol–water partition coefficient (Wildman–Crippen LogP) is 1.32. The molecule has 5 heteroatoms. The zero-order chi connectivity index (χ0) is 14.7. The average Bonchev–Trinajstić information content (AvgIpc) is 2.46. The Morgan fingerprint density at radius 2 is 2.00 bits per heavy atom. The maximum atomic E-state index is 12.4. The fraction of sp³-hybridized carbons (Fsp3) is 0.600. The van der Waals surface area contributed by atoms with Crippen molar-refractivity contribution in [2.45, 2.75) is 38.8 Å². The smallest absolute Gasteiger partial charge is 0.255 e. The maximum Gasteiger partial charge on any atom is 0.255 e. The molecule has 1 aliphatic heterocycles. The van der Waals surface area contributed by atoms with Gasteiger partial charge in [-0.25, -0.2) is 0 Å². The molecule has 1 saturated heterocycles. The van der Waals surface area contributed by atoms with E-state index in [9.17, 15) is 9.59 Å². The van der Waals surface area contributed by atoms with Crippen molar-refractivity contribution < 1.29 is 4.79 Å². The summed E-state index contributed by atoms with van der Waals surface area (Å²) in [6.07, 6.45) is 3.50. The largest absolute Gasteiger partial charge is 0.339 e. The number of hydrogen-bond acceptors (Lipinski definition) is 3. The molecular formula is C15H23N3O2. The molecule has 0 saturated carbocycles. The van der Waals surface area contributed by atoms with Crippen molar-refractivity contribution in [1.82, 2.24) is 14.8 Å². The molecule has 5 nitrogen and oxygen atoms in total. The van der Waals surface area contributed by atoms with Crippen LogP contribution in [-0.2, 0) is 0 Å². The predicted molar refractivity (Wildman–Crippen MR) is 78.9 cm³/mol. The Morgan fingerprint density at radius 3 is 2.50 bits per heavy atom. The number of nitrogens with zero attached hydrogens (tertiary/aromatic N) is 2. The van der Waals surface area contributed by atoms with Crippen LogP contribution in [0.4, 0.5) is 0 Å². The third-order valence-corrected chi connectivity index (χ3v) is 4.13. The fourth-order valence-corrected chi connectivity index (χ4v) is 2.70. The van der Waals surface area contributed by atoms with E-state index in [1.165, 1.54) is 12.3 Å². The monoisotopic (exact) mass is 277 g/mol. The van der Waals surface area contributed by atoms with Crippen molar-refractivity contribution >= 4 is 5.91 Å². The van der Waals surface area contributed by atoms with Crippen LogP contribution < -0.4 is 5.56 Å². The number of rotatable bonds is 3. The van der Waals surface area contributed by atoms with E-state index in [0.717, 1.165) is 25.9 Å². The van der Waals surface area contributed by atoms with Crippen molar-refractivity contribution in [2.75, 3.05) is 20.1 Å². The molecule has 0 radical (unpaired) electrons. The van der Waals surface area contributed by atoms with Crippen LogP contribution in [0.5, 0.6) is 0 Å². The zero-order valence-electron chi connectivity index (χ0n) is 12.4. The number of carbonyl (C=O) groups is 1. The van der Waals surface area contributed by atoms with Gasteiger partial charge in [-0.15, -0.1) is 0 Å². The molecule has 0 unspecified atom stereocenters. The van der Waals surface area contributed by atoms with Crippen LogP contribution in [0.1, 0.15) is 37.0 Å². The molecule has 0 aromatic carbocycles. The number of likely N-dealkylation sites (tertiary alicyclic amines) is 1. The molecule has 110 valence electrons. The zero-order valence-corrected chi connectivity index (χ0v) is 12.4. The first kappa shape index (κ1) is 14.8. The molecule has 1 fully saturated rings. The number of pyridine rings is 1. The lowest BCUT2D eigenvalue weighted by molar-refractivity contribution is 0.0615. The van der Waals surface area contributed by atoms with Gasteiger partial charge in [0.05, 0.1) is 5.56 Å². The van der Waals surface area contributed by atoms with E-state index in [1.807, 2.05) is 11.9 Å². The number of aromatic nitrogens is 1. The highest BCUT2D eigenvalue weighted by atomic mass is 16.2. The van der Waals surface area contributed by atoms with Gasteiger partial charge in [0.1, 0.15) is 0 Å². The third-order valence-electron chi connectivity index (χ3n) is 4.13. The maximum absolute atomic E-state index is 12.4. The van der Waals surface area contributed by atoms with Crippen molar-refractivity contribution in [3.8, 4) is 0 Å². The normalized spacial score (nSPS) is 17.4. The van der Waals surface area contributed by atoms with Gasteiger partial charge in [-0.1, -0.05) is 0 Å². The van der Waals surface area contributed by atoms with E-state index in [0.29, 0.717) is 11.6 Å². The fourth-order valence-electron chi connectivity index (χ4n) is 2.70. The number of hydrogen-bond donors (Lipinski definition) is 1. The second-order valence-electron chi connectivity index (χ2n) is 5.72. The molecule has 1 aromatic rings. The molecule has 0 spiro atoms. The first-order chi connectivity index (χ1) is 9.49. The summed E-state index contributed by atoms with van der Waals surface area (Å²) in [6, 6.07) is 3.82.